The topological polar surface area (TPSA) is 511 Å². The summed E-state index contributed by atoms with van der Waals surface area (Å²) in [6.07, 6.45) is -2.25. The highest BCUT2D eigenvalue weighted by molar-refractivity contribution is 5.99. The Morgan fingerprint density at radius 3 is 1.46 bits per heavy atom. The summed E-state index contributed by atoms with van der Waals surface area (Å²) in [5.41, 5.74) is 29.2. The largest absolute Gasteiger partial charge is 0.396 e. The van der Waals surface area contributed by atoms with Crippen molar-refractivity contribution in [1.82, 2.24) is 58.5 Å². The quantitative estimate of drug-likeness (QED) is 0.0331. The van der Waals surface area contributed by atoms with E-state index in [2.05, 4.69) is 65.4 Å². The van der Waals surface area contributed by atoms with Gasteiger partial charge in [0.25, 0.3) is 0 Å². The first-order valence-corrected chi connectivity index (χ1v) is 28.5. The fraction of sp³-hybridized carbons (Fsp3) is 0.788. The molecular weight excluding hydrogens is 1070 g/mol. The Morgan fingerprint density at radius 1 is 0.549 bits per heavy atom. The van der Waals surface area contributed by atoms with Crippen LogP contribution in [-0.4, -0.2) is 199 Å². The molecule has 0 aliphatic carbocycles. The van der Waals surface area contributed by atoms with Gasteiger partial charge in [-0.25, -0.2) is 0 Å². The second-order valence-electron chi connectivity index (χ2n) is 21.5. The summed E-state index contributed by atoms with van der Waals surface area (Å²) in [5.74, 6) is -10.4. The number of aliphatic hydroxyl groups is 3. The first-order valence-electron chi connectivity index (χ1n) is 28.5. The lowest BCUT2D eigenvalue weighted by Crippen LogP contribution is -2.62. The fourth-order valence-electron chi connectivity index (χ4n) is 8.60. The van der Waals surface area contributed by atoms with Crippen LogP contribution in [0.4, 0.5) is 0 Å². The zero-order valence-corrected chi connectivity index (χ0v) is 48.8. The molecule has 470 valence electrons. The molecule has 30 heteroatoms. The second-order valence-corrected chi connectivity index (χ2v) is 21.5. The van der Waals surface area contributed by atoms with Crippen LogP contribution in [0.3, 0.4) is 0 Å². The normalized spacial score (nSPS) is 23.8. The molecule has 24 N–H and O–H groups in total. The zero-order valence-electron chi connectivity index (χ0n) is 48.8. The number of hydrogen-bond acceptors (Lipinski definition) is 19. The average Bonchev–Trinajstić information content (AvgIpc) is 3.49. The molecule has 30 nitrogen and oxygen atoms in total. The third kappa shape index (κ3) is 26.8. The number of nitrogens with two attached hydrogens (primary N) is 5. The van der Waals surface area contributed by atoms with Crippen LogP contribution in [0.5, 0.6) is 0 Å². The maximum absolute atomic E-state index is 14.4. The molecule has 1 heterocycles. The first kappa shape index (κ1) is 73.9. The molecule has 1 aliphatic heterocycles. The number of carbonyl (C=O) groups excluding carboxylic acids is 11. The van der Waals surface area contributed by atoms with Gasteiger partial charge in [0.15, 0.2) is 0 Å². The van der Waals surface area contributed by atoms with Crippen molar-refractivity contribution in [1.29, 1.82) is 0 Å². The Hall–Kier alpha value is -6.15. The van der Waals surface area contributed by atoms with E-state index in [1.807, 2.05) is 6.92 Å². The van der Waals surface area contributed by atoms with E-state index >= 15 is 0 Å². The highest BCUT2D eigenvalue weighted by Crippen LogP contribution is 2.14. The molecule has 11 amide bonds. The molecule has 0 aromatic heterocycles. The molecular formula is C52H98N16O14. The summed E-state index contributed by atoms with van der Waals surface area (Å²) >= 11 is 0. The second kappa shape index (κ2) is 39.4. The molecule has 1 aliphatic rings. The van der Waals surface area contributed by atoms with Crippen LogP contribution in [0, 0.1) is 17.8 Å². The zero-order chi connectivity index (χ0) is 62.2. The van der Waals surface area contributed by atoms with E-state index in [1.54, 1.807) is 20.8 Å². The van der Waals surface area contributed by atoms with E-state index in [0.717, 1.165) is 12.8 Å². The molecule has 0 aromatic carbocycles. The summed E-state index contributed by atoms with van der Waals surface area (Å²) in [6.45, 7) is 9.93. The Balaban J connectivity index is 3.86. The highest BCUT2D eigenvalue weighted by Gasteiger charge is 2.38. The Bertz CT molecular complexity index is 2070. The van der Waals surface area contributed by atoms with Gasteiger partial charge in [0, 0.05) is 19.6 Å². The van der Waals surface area contributed by atoms with E-state index in [4.69, 9.17) is 28.7 Å². The predicted molar refractivity (Wildman–Crippen MR) is 302 cm³/mol. The van der Waals surface area contributed by atoms with Crippen molar-refractivity contribution in [3.63, 3.8) is 0 Å². The van der Waals surface area contributed by atoms with Gasteiger partial charge in [-0.3, -0.25) is 52.7 Å². The summed E-state index contributed by atoms with van der Waals surface area (Å²) in [4.78, 5) is 153. The molecule has 0 bridgehead atoms. The smallest absolute Gasteiger partial charge is 0.245 e. The molecule has 1 saturated heterocycles. The van der Waals surface area contributed by atoms with E-state index < -0.39 is 163 Å². The minimum atomic E-state index is -1.70. The number of rotatable bonds is 29. The van der Waals surface area contributed by atoms with Crippen molar-refractivity contribution in [2.24, 2.45) is 46.4 Å². The first-order chi connectivity index (χ1) is 38.7. The summed E-state index contributed by atoms with van der Waals surface area (Å²) in [7, 11) is 0. The van der Waals surface area contributed by atoms with Gasteiger partial charge >= 0.3 is 0 Å². The van der Waals surface area contributed by atoms with Crippen LogP contribution < -0.4 is 87.2 Å². The van der Waals surface area contributed by atoms with Crippen LogP contribution in [0.15, 0.2) is 0 Å². The van der Waals surface area contributed by atoms with Crippen molar-refractivity contribution in [2.75, 3.05) is 45.9 Å². The predicted octanol–water partition coefficient (Wildman–Crippen LogP) is -6.86. The fourth-order valence-corrected chi connectivity index (χ4v) is 8.60. The number of hydrogen-bond donors (Lipinski definition) is 19. The van der Waals surface area contributed by atoms with Crippen molar-refractivity contribution >= 4 is 65.0 Å². The van der Waals surface area contributed by atoms with Crippen LogP contribution in [0.2, 0.25) is 0 Å². The number of amides is 11. The van der Waals surface area contributed by atoms with E-state index in [-0.39, 0.29) is 90.0 Å². The molecule has 0 saturated carbocycles. The molecule has 14 atom stereocenters. The van der Waals surface area contributed by atoms with Gasteiger partial charge in [-0.1, -0.05) is 47.5 Å². The van der Waals surface area contributed by atoms with Crippen LogP contribution >= 0.6 is 0 Å². The summed E-state index contributed by atoms with van der Waals surface area (Å²) in [5, 5.41) is 59.2. The number of carbonyl (C=O) groups is 11. The minimum absolute atomic E-state index is 0.00326. The molecule has 0 aromatic rings. The van der Waals surface area contributed by atoms with Gasteiger partial charge in [-0.15, -0.1) is 0 Å². The van der Waals surface area contributed by atoms with Crippen molar-refractivity contribution in [3.05, 3.63) is 0 Å². The van der Waals surface area contributed by atoms with Crippen molar-refractivity contribution < 1.29 is 68.1 Å². The van der Waals surface area contributed by atoms with Crippen molar-refractivity contribution in [3.8, 4) is 0 Å². The maximum atomic E-state index is 14.4. The Morgan fingerprint density at radius 2 is 1.01 bits per heavy atom. The standard InChI is InChI=1S/C52H98N16O14/c1-8-28(4)10-9-11-40(72)59-32(12-18-53)47(77)68-42(31(7)71)52(82)64-35(15-21-56)44(74)63-37-17-23-58-51(81)41(30(6)70)67-48(78)36(16-22-57)61-43(73)33(13-19-54)62-50(80)39(25-29(5)26-69)66-49(79)38(24-27(2)3)65-45(75)34(14-20-55)60-46(37)76/h27-39,41-42,69-71H,8-26,53-57H2,1-7H3,(H,58,81)(H,59,72)(H,60,76)(H,61,73)(H,62,80)(H,63,74)(H,64,82)(H,65,75)(H,66,79)(H,67,78)(H,68,77)/t28?,29?,30-,31-,32+,33+,34+,35+,36+,37+,38-,39+,41+,42+/m1/s1. The molecule has 1 fully saturated rings. The van der Waals surface area contributed by atoms with E-state index in [1.165, 1.54) is 13.8 Å². The Labute approximate surface area is 480 Å². The van der Waals surface area contributed by atoms with Crippen LogP contribution in [-0.2, 0) is 52.7 Å². The molecule has 0 spiro atoms. The molecule has 2 unspecified atom stereocenters. The van der Waals surface area contributed by atoms with Gasteiger partial charge < -0.3 is 102 Å². The van der Waals surface area contributed by atoms with Crippen LogP contribution in [0.25, 0.3) is 0 Å². The van der Waals surface area contributed by atoms with E-state index in [0.29, 0.717) is 12.3 Å². The van der Waals surface area contributed by atoms with Gasteiger partial charge in [0.1, 0.15) is 60.4 Å². The summed E-state index contributed by atoms with van der Waals surface area (Å²) < 4.78 is 0. The molecule has 0 radical (unpaired) electrons. The van der Waals surface area contributed by atoms with Crippen LogP contribution in [0.1, 0.15) is 126 Å². The monoisotopic (exact) mass is 1170 g/mol. The molecule has 1 rings (SSSR count). The average molecular weight is 1170 g/mol. The van der Waals surface area contributed by atoms with Gasteiger partial charge in [0.05, 0.1) is 12.2 Å². The number of nitrogens with one attached hydrogen (secondary N) is 11. The SMILES string of the molecule is CCC(C)CCCC(=O)N[C@@H](CCN)C(=O)N[C@H](C(=O)N[C@@H](CCN)C(=O)N[C@H]1CCNC(=O)[C@H]([C@@H](C)O)NC(=O)[C@H](CCN)NC(=O)[C@H](CCN)NC(=O)[C@H](CC(C)CO)NC(=O)[C@@H](CC(C)C)NC(=O)[C@H](CCN)NC1=O)[C@@H](C)O. The lowest BCUT2D eigenvalue weighted by molar-refractivity contribution is -0.137. The Kier molecular flexibility index (Phi) is 35.4. The lowest BCUT2D eigenvalue weighted by atomic mass is 9.98. The number of aliphatic hydroxyl groups excluding tert-OH is 3. The van der Waals surface area contributed by atoms with E-state index in [9.17, 15) is 68.1 Å². The third-order valence-corrected chi connectivity index (χ3v) is 13.7. The minimum Gasteiger partial charge on any atom is -0.396 e. The van der Waals surface area contributed by atoms with Gasteiger partial charge in [-0.05, 0) is 122 Å². The van der Waals surface area contributed by atoms with Gasteiger partial charge in [0.2, 0.25) is 65.0 Å². The molecule has 82 heavy (non-hydrogen) atoms. The summed E-state index contributed by atoms with van der Waals surface area (Å²) in [6, 6.07) is -14.9. The maximum Gasteiger partial charge on any atom is 0.245 e. The third-order valence-electron chi connectivity index (χ3n) is 13.7. The highest BCUT2D eigenvalue weighted by atomic mass is 16.3. The van der Waals surface area contributed by atoms with Crippen molar-refractivity contribution in [2.45, 2.75) is 198 Å². The van der Waals surface area contributed by atoms with Gasteiger partial charge in [-0.2, -0.15) is 0 Å². The lowest BCUT2D eigenvalue weighted by Gasteiger charge is -2.29.